The van der Waals surface area contributed by atoms with Gasteiger partial charge in [-0.15, -0.1) is 0 Å². The minimum Gasteiger partial charge on any atom is -0.317 e. The molecule has 0 aliphatic heterocycles. The molecular formula is C28H20F8N6O. The molecule has 0 spiro atoms. The molecule has 2 aromatic carbocycles. The van der Waals surface area contributed by atoms with E-state index >= 15 is 0 Å². The molecule has 0 atom stereocenters. The number of hydrogen-bond donors (Lipinski definition) is 1. The molecule has 5 aromatic rings. The average molecular weight is 608 g/mol. The van der Waals surface area contributed by atoms with Crippen LogP contribution < -0.4 is 5.32 Å². The Morgan fingerprint density at radius 3 is 2.07 bits per heavy atom. The molecule has 5 rings (SSSR count). The molecule has 0 radical (unpaired) electrons. The van der Waals surface area contributed by atoms with Crippen LogP contribution in [0.5, 0.6) is 0 Å². The molecule has 3 heterocycles. The molecule has 0 fully saturated rings. The topological polar surface area (TPSA) is 77.1 Å². The third kappa shape index (κ3) is 5.19. The normalized spacial score (nSPS) is 11.9. The van der Waals surface area contributed by atoms with E-state index in [1.54, 1.807) is 25.1 Å². The molecule has 3 aromatic heterocycles. The molecule has 0 saturated carbocycles. The molecule has 224 valence electrons. The Labute approximate surface area is 237 Å². The second-order valence-corrected chi connectivity index (χ2v) is 9.83. The van der Waals surface area contributed by atoms with Crippen molar-refractivity contribution in [2.24, 2.45) is 0 Å². The van der Waals surface area contributed by atoms with Gasteiger partial charge in [0.2, 0.25) is 5.82 Å². The van der Waals surface area contributed by atoms with Crippen molar-refractivity contribution in [2.45, 2.75) is 40.4 Å². The predicted octanol–water partition coefficient (Wildman–Crippen LogP) is 6.84. The van der Waals surface area contributed by atoms with Gasteiger partial charge in [0.05, 0.1) is 34.9 Å². The van der Waals surface area contributed by atoms with Gasteiger partial charge in [0.25, 0.3) is 5.91 Å². The van der Waals surface area contributed by atoms with Crippen LogP contribution in [0.15, 0.2) is 30.3 Å². The third-order valence-corrected chi connectivity index (χ3v) is 6.98. The number of carbonyl (C=O) groups is 1. The van der Waals surface area contributed by atoms with Gasteiger partial charge in [-0.3, -0.25) is 9.48 Å². The summed E-state index contributed by atoms with van der Waals surface area (Å²) in [5.41, 5.74) is -0.673. The van der Waals surface area contributed by atoms with Crippen molar-refractivity contribution < 1.29 is 39.9 Å². The molecule has 15 heteroatoms. The van der Waals surface area contributed by atoms with E-state index in [0.29, 0.717) is 10.1 Å². The first-order valence-corrected chi connectivity index (χ1v) is 12.5. The molecule has 1 N–H and O–H groups in total. The van der Waals surface area contributed by atoms with Crippen molar-refractivity contribution in [2.75, 3.05) is 5.32 Å². The number of fused-ring (bicyclic) bond motifs is 1. The van der Waals surface area contributed by atoms with Gasteiger partial charge in [-0.2, -0.15) is 23.4 Å². The Morgan fingerprint density at radius 1 is 0.837 bits per heavy atom. The zero-order chi connectivity index (χ0) is 31.5. The summed E-state index contributed by atoms with van der Waals surface area (Å²) in [4.78, 5) is 17.4. The van der Waals surface area contributed by atoms with Gasteiger partial charge in [-0.1, -0.05) is 12.1 Å². The molecule has 0 aliphatic rings. The monoisotopic (exact) mass is 608 g/mol. The van der Waals surface area contributed by atoms with Crippen molar-refractivity contribution in [3.05, 3.63) is 98.9 Å². The zero-order valence-corrected chi connectivity index (χ0v) is 22.8. The van der Waals surface area contributed by atoms with Gasteiger partial charge in [0, 0.05) is 11.6 Å². The summed E-state index contributed by atoms with van der Waals surface area (Å²) in [6, 6.07) is 6.94. The highest BCUT2D eigenvalue weighted by atomic mass is 19.4. The minimum absolute atomic E-state index is 0.00856. The summed E-state index contributed by atoms with van der Waals surface area (Å²) >= 11 is 0. The number of aromatic nitrogens is 5. The Bertz CT molecular complexity index is 1910. The van der Waals surface area contributed by atoms with Crippen LogP contribution >= 0.6 is 0 Å². The highest BCUT2D eigenvalue weighted by molar-refractivity contribution is 6.04. The van der Waals surface area contributed by atoms with Crippen LogP contribution in [0, 0.1) is 56.8 Å². The summed E-state index contributed by atoms with van der Waals surface area (Å²) in [5, 5.41) is 10.2. The van der Waals surface area contributed by atoms with E-state index in [0.717, 1.165) is 27.9 Å². The lowest BCUT2D eigenvalue weighted by Crippen LogP contribution is -2.16. The second-order valence-electron chi connectivity index (χ2n) is 9.83. The number of nitrogens with zero attached hydrogens (tertiary/aromatic N) is 5. The quantitative estimate of drug-likeness (QED) is 0.135. The third-order valence-electron chi connectivity index (χ3n) is 6.98. The molecule has 0 aliphatic carbocycles. The first-order valence-electron chi connectivity index (χ1n) is 12.5. The predicted molar refractivity (Wildman–Crippen MR) is 138 cm³/mol. The zero-order valence-electron chi connectivity index (χ0n) is 22.8. The van der Waals surface area contributed by atoms with E-state index < -0.39 is 64.7 Å². The van der Waals surface area contributed by atoms with Crippen LogP contribution in [0.4, 0.5) is 40.8 Å². The second kappa shape index (κ2) is 10.5. The number of rotatable bonds is 5. The van der Waals surface area contributed by atoms with Gasteiger partial charge >= 0.3 is 6.18 Å². The van der Waals surface area contributed by atoms with E-state index in [1.165, 1.54) is 13.8 Å². The van der Waals surface area contributed by atoms with Crippen molar-refractivity contribution in [3.8, 4) is 11.3 Å². The summed E-state index contributed by atoms with van der Waals surface area (Å²) in [6.45, 7) is 5.53. The number of amides is 1. The first kappa shape index (κ1) is 29.7. The maximum Gasteiger partial charge on any atom is 0.433 e. The first-order chi connectivity index (χ1) is 20.1. The summed E-state index contributed by atoms with van der Waals surface area (Å²) in [6.07, 6.45) is -4.85. The highest BCUT2D eigenvalue weighted by Crippen LogP contribution is 2.33. The van der Waals surface area contributed by atoms with Crippen LogP contribution in [0.1, 0.15) is 44.3 Å². The van der Waals surface area contributed by atoms with E-state index in [9.17, 15) is 39.9 Å². The van der Waals surface area contributed by atoms with Gasteiger partial charge in [0.15, 0.2) is 40.3 Å². The lowest BCUT2D eigenvalue weighted by Gasteiger charge is -2.11. The molecule has 43 heavy (non-hydrogen) atoms. The Hall–Kier alpha value is -4.82. The smallest absolute Gasteiger partial charge is 0.317 e. The number of hydrogen-bond acceptors (Lipinski definition) is 4. The Kier molecular flexibility index (Phi) is 7.22. The fourth-order valence-electron chi connectivity index (χ4n) is 4.48. The minimum atomic E-state index is -4.85. The maximum atomic E-state index is 14.2. The number of nitrogens with one attached hydrogen (secondary N) is 1. The van der Waals surface area contributed by atoms with Crippen LogP contribution in [0.2, 0.25) is 0 Å². The highest BCUT2D eigenvalue weighted by Gasteiger charge is 2.36. The van der Waals surface area contributed by atoms with Crippen molar-refractivity contribution in [1.82, 2.24) is 24.4 Å². The molecule has 0 saturated heterocycles. The van der Waals surface area contributed by atoms with Crippen LogP contribution in [-0.2, 0) is 12.7 Å². The number of carbonyl (C=O) groups excluding carboxylic acids is 1. The summed E-state index contributed by atoms with van der Waals surface area (Å²) < 4.78 is 113. The molecular weight excluding hydrogens is 588 g/mol. The van der Waals surface area contributed by atoms with E-state index in [1.807, 2.05) is 6.92 Å². The van der Waals surface area contributed by atoms with Crippen LogP contribution in [0.25, 0.3) is 16.9 Å². The van der Waals surface area contributed by atoms with Crippen LogP contribution in [0.3, 0.4) is 0 Å². The van der Waals surface area contributed by atoms with Gasteiger partial charge in [-0.05, 0) is 51.0 Å². The number of anilines is 1. The largest absolute Gasteiger partial charge is 0.433 e. The van der Waals surface area contributed by atoms with E-state index in [2.05, 4.69) is 20.5 Å². The van der Waals surface area contributed by atoms with Gasteiger partial charge in [-0.25, -0.2) is 31.5 Å². The Morgan fingerprint density at radius 2 is 1.47 bits per heavy atom. The number of aryl methyl sites for hydroxylation is 3. The lowest BCUT2D eigenvalue weighted by atomic mass is 10.0. The number of alkyl halides is 3. The number of halogens is 8. The fourth-order valence-corrected chi connectivity index (χ4v) is 4.48. The Balaban J connectivity index is 1.50. The maximum absolute atomic E-state index is 14.2. The molecule has 1 amide bonds. The molecule has 0 unspecified atom stereocenters. The van der Waals surface area contributed by atoms with Crippen molar-refractivity contribution in [3.63, 3.8) is 0 Å². The van der Waals surface area contributed by atoms with E-state index in [-0.39, 0.29) is 28.4 Å². The van der Waals surface area contributed by atoms with Crippen LogP contribution in [-0.4, -0.2) is 30.3 Å². The standard InChI is InChI=1S/C28H20F8N6O/c1-11-5-6-15(7-12(11)2)17-8-19(28(34,35)36)42-20(37-17)9-18(40-42)27(43)38-26-13(3)39-41(14(26)4)10-16-21(29)23(31)25(33)24(32)22(16)30/h5-9H,10H2,1-4H3,(H,38,43). The van der Waals surface area contributed by atoms with Gasteiger partial charge < -0.3 is 5.32 Å². The fraction of sp³-hybridized carbons (Fsp3) is 0.214. The SMILES string of the molecule is Cc1ccc(-c2cc(C(F)(F)F)n3nc(C(=O)Nc4c(C)nn(Cc5c(F)c(F)c(F)c(F)c5F)c4C)cc3n2)cc1C. The molecule has 7 nitrogen and oxygen atoms in total. The summed E-state index contributed by atoms with van der Waals surface area (Å²) in [5.74, 6) is -11.6. The summed E-state index contributed by atoms with van der Waals surface area (Å²) in [7, 11) is 0. The number of benzene rings is 2. The van der Waals surface area contributed by atoms with Gasteiger partial charge in [0.1, 0.15) is 0 Å². The van der Waals surface area contributed by atoms with Crippen molar-refractivity contribution in [1.29, 1.82) is 0 Å². The lowest BCUT2D eigenvalue weighted by molar-refractivity contribution is -0.142. The van der Waals surface area contributed by atoms with E-state index in [4.69, 9.17) is 0 Å². The van der Waals surface area contributed by atoms with Crippen molar-refractivity contribution >= 4 is 17.2 Å². The average Bonchev–Trinajstić information content (AvgIpc) is 3.50. The molecule has 0 bridgehead atoms.